The second kappa shape index (κ2) is 10.8. The molecule has 0 spiro atoms. The summed E-state index contributed by atoms with van der Waals surface area (Å²) in [6.45, 7) is 0. The zero-order valence-electron chi connectivity index (χ0n) is 17.7. The molecule has 0 aliphatic rings. The number of ether oxygens (including phenoxy) is 1. The van der Waals surface area contributed by atoms with Gasteiger partial charge >= 0.3 is 6.36 Å². The lowest BCUT2D eigenvalue weighted by Crippen LogP contribution is -2.24. The third-order valence-corrected chi connectivity index (χ3v) is 5.63. The number of hydrazone groups is 1. The number of halogens is 4. The lowest BCUT2D eigenvalue weighted by Gasteiger charge is -2.09. The van der Waals surface area contributed by atoms with E-state index in [1.54, 1.807) is 6.21 Å². The molecule has 4 aromatic rings. The quantitative estimate of drug-likeness (QED) is 0.126. The van der Waals surface area contributed by atoms with Crippen molar-refractivity contribution < 1.29 is 17.9 Å². The highest BCUT2D eigenvalue weighted by molar-refractivity contribution is 14.1. The summed E-state index contributed by atoms with van der Waals surface area (Å²) in [6.07, 6.45) is -1.63. The van der Waals surface area contributed by atoms with Crippen LogP contribution in [0.1, 0.15) is 5.56 Å². The van der Waals surface area contributed by atoms with Gasteiger partial charge in [-0.1, -0.05) is 36.4 Å². The van der Waals surface area contributed by atoms with Crippen LogP contribution in [0.4, 0.5) is 18.9 Å². The van der Waals surface area contributed by atoms with E-state index in [-0.39, 0.29) is 5.75 Å². The molecular formula is C23H16F3IN6OS. The molecule has 0 fully saturated rings. The van der Waals surface area contributed by atoms with Gasteiger partial charge in [0.2, 0.25) is 0 Å². The second-order valence-corrected chi connectivity index (χ2v) is 8.55. The Morgan fingerprint density at radius 1 is 1.03 bits per heavy atom. The van der Waals surface area contributed by atoms with Crippen LogP contribution in [0.25, 0.3) is 17.1 Å². The van der Waals surface area contributed by atoms with Gasteiger partial charge in [0, 0.05) is 9.13 Å². The lowest BCUT2D eigenvalue weighted by atomic mass is 10.1. The number of para-hydroxylation sites is 1. The topological polar surface area (TPSA) is 76.4 Å². The van der Waals surface area contributed by atoms with Crippen molar-refractivity contribution in [3.63, 3.8) is 0 Å². The zero-order valence-corrected chi connectivity index (χ0v) is 20.7. The number of anilines is 1. The summed E-state index contributed by atoms with van der Waals surface area (Å²) >= 11 is 7.47. The normalized spacial score (nSPS) is 11.4. The smallest absolute Gasteiger partial charge is 0.406 e. The van der Waals surface area contributed by atoms with Crippen LogP contribution in [0.2, 0.25) is 0 Å². The van der Waals surface area contributed by atoms with Crippen molar-refractivity contribution >= 4 is 51.8 Å². The molecule has 1 aromatic heterocycles. The molecule has 0 aliphatic heterocycles. The molecule has 0 amide bonds. The molecule has 0 bridgehead atoms. The highest BCUT2D eigenvalue weighted by atomic mass is 127. The van der Waals surface area contributed by atoms with E-state index in [0.29, 0.717) is 16.6 Å². The first kappa shape index (κ1) is 24.6. The second-order valence-electron chi connectivity index (χ2n) is 6.98. The van der Waals surface area contributed by atoms with E-state index in [1.807, 2.05) is 48.5 Å². The van der Waals surface area contributed by atoms with Crippen molar-refractivity contribution in [2.45, 2.75) is 6.36 Å². The first-order valence-electron chi connectivity index (χ1n) is 10.00. The molecule has 4 rings (SSSR count). The average Bonchev–Trinajstić information content (AvgIpc) is 3.31. The molecule has 0 saturated carbocycles. The number of hydrogen-bond acceptors (Lipinski definition) is 5. The monoisotopic (exact) mass is 608 g/mol. The van der Waals surface area contributed by atoms with Gasteiger partial charge in [-0.25, -0.2) is 9.67 Å². The molecule has 35 heavy (non-hydrogen) atoms. The Labute approximate surface area is 217 Å². The summed E-state index contributed by atoms with van der Waals surface area (Å²) in [5.74, 6) is 0.157. The Balaban J connectivity index is 1.35. The van der Waals surface area contributed by atoms with Gasteiger partial charge in [-0.15, -0.1) is 18.3 Å². The minimum atomic E-state index is -4.74. The third-order valence-electron chi connectivity index (χ3n) is 4.50. The molecule has 0 aliphatic carbocycles. The van der Waals surface area contributed by atoms with Gasteiger partial charge in [0.15, 0.2) is 10.9 Å². The Morgan fingerprint density at radius 2 is 1.74 bits per heavy atom. The number of aromatic nitrogens is 3. The average molecular weight is 608 g/mol. The number of benzene rings is 3. The maximum absolute atomic E-state index is 12.3. The van der Waals surface area contributed by atoms with Crippen molar-refractivity contribution in [2.24, 2.45) is 5.10 Å². The van der Waals surface area contributed by atoms with Crippen molar-refractivity contribution in [3.8, 4) is 22.8 Å². The molecule has 0 atom stereocenters. The first-order chi connectivity index (χ1) is 16.8. The van der Waals surface area contributed by atoms with Crippen LogP contribution in [0.5, 0.6) is 5.75 Å². The number of thiocarbonyl (C=S) groups is 1. The standard InChI is InChI=1S/C23H16F3IN6OS/c24-23(25,26)34-18-11-9-17(10-12-18)33-14-28-21(32-33)16-7-5-15(6-8-16)13-29-31-22(35)30-20-4-2-1-3-19(20)27/h1-14H,(H2,30,31,35). The van der Waals surface area contributed by atoms with Crippen LogP contribution in [-0.2, 0) is 0 Å². The van der Waals surface area contributed by atoms with E-state index in [4.69, 9.17) is 12.2 Å². The van der Waals surface area contributed by atoms with Gasteiger partial charge in [0.05, 0.1) is 17.6 Å². The minimum absolute atomic E-state index is 0.306. The summed E-state index contributed by atoms with van der Waals surface area (Å²) in [4.78, 5) is 4.28. The molecule has 3 aromatic carbocycles. The van der Waals surface area contributed by atoms with Gasteiger partial charge < -0.3 is 10.1 Å². The van der Waals surface area contributed by atoms with E-state index in [0.717, 1.165) is 20.4 Å². The van der Waals surface area contributed by atoms with Crippen molar-refractivity contribution in [1.29, 1.82) is 0 Å². The summed E-state index contributed by atoms with van der Waals surface area (Å²) in [5, 5.41) is 12.0. The summed E-state index contributed by atoms with van der Waals surface area (Å²) < 4.78 is 43.3. The van der Waals surface area contributed by atoms with Crippen LogP contribution in [-0.4, -0.2) is 32.5 Å². The summed E-state index contributed by atoms with van der Waals surface area (Å²) in [5.41, 5.74) is 5.81. The van der Waals surface area contributed by atoms with Crippen LogP contribution < -0.4 is 15.5 Å². The van der Waals surface area contributed by atoms with E-state index >= 15 is 0 Å². The van der Waals surface area contributed by atoms with Crippen LogP contribution >= 0.6 is 34.8 Å². The van der Waals surface area contributed by atoms with Gasteiger partial charge in [-0.3, -0.25) is 5.43 Å². The molecule has 7 nitrogen and oxygen atoms in total. The fraction of sp³-hybridized carbons (Fsp3) is 0.0435. The molecule has 1 heterocycles. The highest BCUT2D eigenvalue weighted by Gasteiger charge is 2.31. The maximum atomic E-state index is 12.3. The van der Waals surface area contributed by atoms with Crippen LogP contribution in [0, 0.1) is 3.57 Å². The van der Waals surface area contributed by atoms with Crippen LogP contribution in [0.15, 0.2) is 84.2 Å². The number of rotatable bonds is 6. The number of hydrogen-bond donors (Lipinski definition) is 2. The van der Waals surface area contributed by atoms with Crippen LogP contribution in [0.3, 0.4) is 0 Å². The van der Waals surface area contributed by atoms with Gasteiger partial charge in [-0.05, 0) is 76.8 Å². The van der Waals surface area contributed by atoms with E-state index in [1.165, 1.54) is 35.3 Å². The Bertz CT molecular complexity index is 1340. The Morgan fingerprint density at radius 3 is 2.43 bits per heavy atom. The molecule has 0 saturated heterocycles. The van der Waals surface area contributed by atoms with Crippen molar-refractivity contribution in [1.82, 2.24) is 20.2 Å². The zero-order chi connectivity index (χ0) is 24.8. The summed E-state index contributed by atoms with van der Waals surface area (Å²) in [6, 6.07) is 20.5. The van der Waals surface area contributed by atoms with Gasteiger partial charge in [0.1, 0.15) is 12.1 Å². The molecule has 0 radical (unpaired) electrons. The fourth-order valence-corrected chi connectivity index (χ4v) is 3.60. The van der Waals surface area contributed by atoms with E-state index < -0.39 is 6.36 Å². The van der Waals surface area contributed by atoms with Crippen molar-refractivity contribution in [2.75, 3.05) is 5.32 Å². The number of nitrogens with one attached hydrogen (secondary N) is 2. The Kier molecular flexibility index (Phi) is 7.60. The third kappa shape index (κ3) is 6.99. The van der Waals surface area contributed by atoms with Crippen molar-refractivity contribution in [3.05, 3.63) is 88.3 Å². The molecule has 178 valence electrons. The predicted octanol–water partition coefficient (Wildman–Crippen LogP) is 5.76. The van der Waals surface area contributed by atoms with E-state index in [2.05, 4.69) is 53.3 Å². The number of nitrogens with zero attached hydrogens (tertiary/aromatic N) is 4. The Hall–Kier alpha value is -3.52. The molecule has 0 unspecified atom stereocenters. The number of alkyl halides is 3. The fourth-order valence-electron chi connectivity index (χ4n) is 2.92. The maximum Gasteiger partial charge on any atom is 0.573 e. The predicted molar refractivity (Wildman–Crippen MR) is 140 cm³/mol. The first-order valence-corrected chi connectivity index (χ1v) is 11.5. The molecule has 2 N–H and O–H groups in total. The molecular weight excluding hydrogens is 592 g/mol. The summed E-state index contributed by atoms with van der Waals surface area (Å²) in [7, 11) is 0. The highest BCUT2D eigenvalue weighted by Crippen LogP contribution is 2.24. The van der Waals surface area contributed by atoms with Gasteiger partial charge in [0.25, 0.3) is 0 Å². The minimum Gasteiger partial charge on any atom is -0.406 e. The van der Waals surface area contributed by atoms with E-state index in [9.17, 15) is 13.2 Å². The largest absolute Gasteiger partial charge is 0.573 e. The SMILES string of the molecule is FC(F)(F)Oc1ccc(-n2cnc(-c3ccc(C=NNC(=S)Nc4ccccc4I)cc3)n2)cc1. The lowest BCUT2D eigenvalue weighted by molar-refractivity contribution is -0.274. The van der Waals surface area contributed by atoms with Gasteiger partial charge in [-0.2, -0.15) is 5.10 Å². The molecule has 12 heteroatoms.